The molecule has 22 heavy (non-hydrogen) atoms. The number of anilines is 2. The van der Waals surface area contributed by atoms with Gasteiger partial charge in [0.2, 0.25) is 5.95 Å². The summed E-state index contributed by atoms with van der Waals surface area (Å²) in [4.78, 5) is 23.1. The summed E-state index contributed by atoms with van der Waals surface area (Å²) in [6.07, 6.45) is 1.54. The van der Waals surface area contributed by atoms with Crippen molar-refractivity contribution in [1.82, 2.24) is 15.0 Å². The van der Waals surface area contributed by atoms with Crippen LogP contribution < -0.4 is 5.32 Å². The van der Waals surface area contributed by atoms with Crippen molar-refractivity contribution in [2.24, 2.45) is 0 Å². The first-order chi connectivity index (χ1) is 10.7. The van der Waals surface area contributed by atoms with Crippen molar-refractivity contribution in [2.45, 2.75) is 6.92 Å². The number of fused-ring (bicyclic) bond motifs is 1. The van der Waals surface area contributed by atoms with Gasteiger partial charge in [-0.3, -0.25) is 0 Å². The van der Waals surface area contributed by atoms with Crippen molar-refractivity contribution in [3.8, 4) is 5.75 Å². The van der Waals surface area contributed by atoms with Gasteiger partial charge in [0.1, 0.15) is 5.75 Å². The Labute approximate surface area is 126 Å². The molecule has 2 aromatic heterocycles. The maximum atomic E-state index is 11.7. The molecule has 2 heterocycles. The van der Waals surface area contributed by atoms with E-state index in [0.29, 0.717) is 23.6 Å². The van der Waals surface area contributed by atoms with Gasteiger partial charge >= 0.3 is 5.97 Å². The molecule has 7 heteroatoms. The van der Waals surface area contributed by atoms with Crippen LogP contribution in [-0.2, 0) is 4.74 Å². The lowest BCUT2D eigenvalue weighted by Crippen LogP contribution is -2.06. The van der Waals surface area contributed by atoms with Crippen molar-refractivity contribution in [3.05, 3.63) is 42.2 Å². The summed E-state index contributed by atoms with van der Waals surface area (Å²) in [7, 11) is 0. The molecule has 0 aliphatic carbocycles. The number of pyridine rings is 1. The zero-order valence-corrected chi connectivity index (χ0v) is 11.8. The summed E-state index contributed by atoms with van der Waals surface area (Å²) in [6, 6.07) is 8.18. The second-order valence-electron chi connectivity index (χ2n) is 4.56. The highest BCUT2D eigenvalue weighted by atomic mass is 16.5. The Kier molecular flexibility index (Phi) is 3.61. The molecule has 3 rings (SSSR count). The number of nitrogens with one attached hydrogen (secondary N) is 2. The maximum absolute atomic E-state index is 11.7. The van der Waals surface area contributed by atoms with Gasteiger partial charge in [-0.05, 0) is 37.3 Å². The molecule has 7 nitrogen and oxygen atoms in total. The number of hydrogen-bond acceptors (Lipinski definition) is 6. The first-order valence-corrected chi connectivity index (χ1v) is 6.74. The minimum absolute atomic E-state index is 0.193. The van der Waals surface area contributed by atoms with E-state index in [1.807, 2.05) is 0 Å². The summed E-state index contributed by atoms with van der Waals surface area (Å²) >= 11 is 0. The number of benzene rings is 1. The van der Waals surface area contributed by atoms with Crippen LogP contribution in [0.25, 0.3) is 11.0 Å². The minimum Gasteiger partial charge on any atom is -0.508 e. The average molecular weight is 298 g/mol. The van der Waals surface area contributed by atoms with Crippen LogP contribution in [0.1, 0.15) is 17.4 Å². The van der Waals surface area contributed by atoms with Gasteiger partial charge in [-0.25, -0.2) is 14.8 Å². The Morgan fingerprint density at radius 2 is 2.14 bits per heavy atom. The zero-order chi connectivity index (χ0) is 15.5. The van der Waals surface area contributed by atoms with Crippen LogP contribution in [0, 0.1) is 0 Å². The maximum Gasteiger partial charge on any atom is 0.356 e. The van der Waals surface area contributed by atoms with E-state index in [4.69, 9.17) is 4.74 Å². The van der Waals surface area contributed by atoms with Crippen molar-refractivity contribution < 1.29 is 14.6 Å². The van der Waals surface area contributed by atoms with E-state index in [1.54, 1.807) is 37.3 Å². The van der Waals surface area contributed by atoms with Gasteiger partial charge in [0.15, 0.2) is 5.69 Å². The highest BCUT2D eigenvalue weighted by molar-refractivity contribution is 5.91. The third-order valence-electron chi connectivity index (χ3n) is 2.98. The molecule has 0 saturated heterocycles. The number of imidazole rings is 1. The number of H-pyrrole nitrogens is 1. The number of ether oxygens (including phenoxy) is 1. The largest absolute Gasteiger partial charge is 0.508 e. The molecular formula is C15H14N4O3. The second kappa shape index (κ2) is 5.72. The molecule has 0 spiro atoms. The van der Waals surface area contributed by atoms with E-state index in [0.717, 1.165) is 5.69 Å². The summed E-state index contributed by atoms with van der Waals surface area (Å²) in [6.45, 7) is 2.04. The fourth-order valence-electron chi connectivity index (χ4n) is 1.97. The highest BCUT2D eigenvalue weighted by Gasteiger charge is 2.11. The quantitative estimate of drug-likeness (QED) is 0.505. The molecule has 0 bridgehead atoms. The summed E-state index contributed by atoms with van der Waals surface area (Å²) in [5, 5.41) is 12.3. The fourth-order valence-corrected chi connectivity index (χ4v) is 1.97. The molecule has 3 aromatic rings. The normalized spacial score (nSPS) is 10.6. The van der Waals surface area contributed by atoms with Crippen molar-refractivity contribution in [1.29, 1.82) is 0 Å². The van der Waals surface area contributed by atoms with Gasteiger partial charge in [-0.1, -0.05) is 0 Å². The molecular weight excluding hydrogens is 284 g/mol. The third-order valence-corrected chi connectivity index (χ3v) is 2.98. The van der Waals surface area contributed by atoms with Crippen LogP contribution in [0.4, 0.5) is 11.6 Å². The lowest BCUT2D eigenvalue weighted by molar-refractivity contribution is 0.0519. The van der Waals surface area contributed by atoms with Crippen LogP contribution in [0.15, 0.2) is 36.5 Å². The molecule has 1 aromatic carbocycles. The van der Waals surface area contributed by atoms with Gasteiger partial charge in [-0.2, -0.15) is 0 Å². The number of rotatable bonds is 4. The number of nitrogens with zero attached hydrogens (tertiary/aromatic N) is 2. The molecule has 0 saturated carbocycles. The second-order valence-corrected chi connectivity index (χ2v) is 4.56. The molecule has 0 atom stereocenters. The number of esters is 1. The highest BCUT2D eigenvalue weighted by Crippen LogP contribution is 2.20. The lowest BCUT2D eigenvalue weighted by Gasteiger charge is -2.01. The van der Waals surface area contributed by atoms with E-state index in [9.17, 15) is 9.90 Å². The Morgan fingerprint density at radius 3 is 2.86 bits per heavy atom. The van der Waals surface area contributed by atoms with E-state index >= 15 is 0 Å². The van der Waals surface area contributed by atoms with Crippen molar-refractivity contribution >= 4 is 28.6 Å². The Hall–Kier alpha value is -3.09. The van der Waals surface area contributed by atoms with Gasteiger partial charge in [0.25, 0.3) is 0 Å². The van der Waals surface area contributed by atoms with E-state index in [-0.39, 0.29) is 11.4 Å². The number of aromatic hydroxyl groups is 1. The number of aromatic amines is 1. The number of phenolic OH excluding ortho intramolecular Hbond substituents is 1. The van der Waals surface area contributed by atoms with Crippen molar-refractivity contribution in [2.75, 3.05) is 11.9 Å². The Balaban J connectivity index is 1.86. The van der Waals surface area contributed by atoms with E-state index in [1.165, 1.54) is 6.20 Å². The monoisotopic (exact) mass is 298 g/mol. The third kappa shape index (κ3) is 2.83. The predicted octanol–water partition coefficient (Wildman–Crippen LogP) is 2.58. The van der Waals surface area contributed by atoms with Crippen LogP contribution in [0.3, 0.4) is 0 Å². The van der Waals surface area contributed by atoms with Gasteiger partial charge in [0, 0.05) is 5.69 Å². The smallest absolute Gasteiger partial charge is 0.356 e. The minimum atomic E-state index is -0.472. The van der Waals surface area contributed by atoms with E-state index in [2.05, 4.69) is 20.3 Å². The zero-order valence-electron chi connectivity index (χ0n) is 11.8. The van der Waals surface area contributed by atoms with E-state index < -0.39 is 5.97 Å². The van der Waals surface area contributed by atoms with Crippen LogP contribution in [0.5, 0.6) is 5.75 Å². The van der Waals surface area contributed by atoms with Gasteiger partial charge in [-0.15, -0.1) is 0 Å². The van der Waals surface area contributed by atoms with Crippen LogP contribution in [0.2, 0.25) is 0 Å². The SMILES string of the molecule is CCOC(=O)c1cc2nc(Nc3ccc(O)cc3)[nH]c2cn1. The average Bonchev–Trinajstić information content (AvgIpc) is 2.91. The topological polar surface area (TPSA) is 100 Å². The molecule has 0 unspecified atom stereocenters. The molecule has 0 radical (unpaired) electrons. The summed E-state index contributed by atoms with van der Waals surface area (Å²) in [5.74, 6) is 0.238. The summed E-state index contributed by atoms with van der Waals surface area (Å²) in [5.41, 5.74) is 2.31. The number of hydrogen-bond donors (Lipinski definition) is 3. The molecule has 0 amide bonds. The fraction of sp³-hybridized carbons (Fsp3) is 0.133. The lowest BCUT2D eigenvalue weighted by atomic mass is 10.3. The van der Waals surface area contributed by atoms with Gasteiger partial charge < -0.3 is 20.1 Å². The molecule has 0 aliphatic heterocycles. The molecule has 0 aliphatic rings. The Morgan fingerprint density at radius 1 is 1.36 bits per heavy atom. The Bertz CT molecular complexity index is 811. The first-order valence-electron chi connectivity index (χ1n) is 6.74. The number of phenols is 1. The number of carbonyl (C=O) groups excluding carboxylic acids is 1. The van der Waals surface area contributed by atoms with Crippen molar-refractivity contribution in [3.63, 3.8) is 0 Å². The standard InChI is InChI=1S/C15H14N4O3/c1-2-22-14(21)12-7-11-13(8-16-12)19-15(18-11)17-9-3-5-10(20)6-4-9/h3-8,20H,2H2,1H3,(H2,17,18,19). The van der Waals surface area contributed by atoms with Crippen LogP contribution in [-0.4, -0.2) is 32.6 Å². The van der Waals surface area contributed by atoms with Crippen LogP contribution >= 0.6 is 0 Å². The predicted molar refractivity (Wildman–Crippen MR) is 81.2 cm³/mol. The van der Waals surface area contributed by atoms with Gasteiger partial charge in [0.05, 0.1) is 23.8 Å². The molecule has 3 N–H and O–H groups in total. The molecule has 112 valence electrons. The number of carbonyl (C=O) groups is 1. The molecule has 0 fully saturated rings. The summed E-state index contributed by atoms with van der Waals surface area (Å²) < 4.78 is 4.91. The first kappa shape index (κ1) is 13.9. The number of aromatic nitrogens is 3.